The number of nitrogens with zero attached hydrogens (tertiary/aromatic N) is 1. The number of nitrogens with one attached hydrogen (secondary N) is 1. The average molecular weight is 484 g/mol. The van der Waals surface area contributed by atoms with Gasteiger partial charge in [-0.05, 0) is 43.8 Å². The zero-order valence-electron chi connectivity index (χ0n) is 15.8. The van der Waals surface area contributed by atoms with Crippen LogP contribution >= 0.6 is 39.4 Å². The number of alkyl halides is 2. The Labute approximate surface area is 176 Å². The van der Waals surface area contributed by atoms with Gasteiger partial charge in [0, 0.05) is 55.8 Å². The number of hydrogen-bond donors (Lipinski definition) is 1. The quantitative estimate of drug-likeness (QED) is 0.402. The van der Waals surface area contributed by atoms with Crippen molar-refractivity contribution >= 4 is 53.4 Å². The van der Waals surface area contributed by atoms with Gasteiger partial charge >= 0.3 is 0 Å². The molecule has 8 heteroatoms. The van der Waals surface area contributed by atoms with Crippen molar-refractivity contribution in [3.8, 4) is 0 Å². The van der Waals surface area contributed by atoms with Gasteiger partial charge in [0.1, 0.15) is 0 Å². The van der Waals surface area contributed by atoms with Gasteiger partial charge in [-0.1, -0.05) is 33.6 Å². The minimum atomic E-state index is -1.54. The van der Waals surface area contributed by atoms with Crippen LogP contribution in [0.25, 0.3) is 0 Å². The molecule has 0 radical (unpaired) electrons. The summed E-state index contributed by atoms with van der Waals surface area (Å²) in [5.41, 5.74) is 3.37. The second-order valence-corrected chi connectivity index (χ2v) is 13.6. The standard InChI is InChI=1S/C18H29BrCl2N2O2Si/c1-26(2,3)24-13-6-15-14-16(18(20,25-21)7-8-19)4-5-17(15)23-11-9-22-10-12-23/h4-5,14,22H,6-13H2,1-3H3. The molecule has 1 aromatic rings. The summed E-state index contributed by atoms with van der Waals surface area (Å²) in [5, 5.41) is 3.08. The highest BCUT2D eigenvalue weighted by atomic mass is 79.9. The molecule has 0 aliphatic carbocycles. The van der Waals surface area contributed by atoms with E-state index >= 15 is 0 Å². The number of halogens is 3. The smallest absolute Gasteiger partial charge is 0.188 e. The third-order valence-electron chi connectivity index (χ3n) is 4.41. The number of benzene rings is 1. The van der Waals surface area contributed by atoms with Gasteiger partial charge in [-0.2, -0.15) is 0 Å². The molecule has 1 aliphatic heterocycles. The molecule has 0 aromatic heterocycles. The minimum absolute atomic E-state index is 0.579. The van der Waals surface area contributed by atoms with Crippen LogP contribution in [0.2, 0.25) is 19.6 Å². The lowest BCUT2D eigenvalue weighted by Gasteiger charge is -2.32. The van der Waals surface area contributed by atoms with E-state index in [0.717, 1.165) is 38.2 Å². The van der Waals surface area contributed by atoms with E-state index in [9.17, 15) is 0 Å². The molecule has 2 rings (SSSR count). The van der Waals surface area contributed by atoms with E-state index < -0.39 is 13.4 Å². The molecule has 26 heavy (non-hydrogen) atoms. The predicted molar refractivity (Wildman–Crippen MR) is 117 cm³/mol. The molecule has 1 N–H and O–H groups in total. The Balaban J connectivity index is 2.29. The lowest BCUT2D eigenvalue weighted by Crippen LogP contribution is -2.44. The first-order valence-corrected chi connectivity index (χ1v) is 14.3. The first kappa shape index (κ1) is 22.5. The molecule has 1 aromatic carbocycles. The van der Waals surface area contributed by atoms with E-state index in [1.807, 2.05) is 6.07 Å². The Morgan fingerprint density at radius 2 is 1.96 bits per heavy atom. The third-order valence-corrected chi connectivity index (χ3v) is 6.71. The summed E-state index contributed by atoms with van der Waals surface area (Å²) in [7, 11) is -1.54. The number of piperazine rings is 1. The van der Waals surface area contributed by atoms with Gasteiger partial charge in [-0.3, -0.25) is 4.29 Å². The lowest BCUT2D eigenvalue weighted by molar-refractivity contribution is 0.174. The third kappa shape index (κ3) is 6.36. The molecule has 1 heterocycles. The average Bonchev–Trinajstić information content (AvgIpc) is 2.61. The second kappa shape index (κ2) is 10.1. The summed E-state index contributed by atoms with van der Waals surface area (Å²) < 4.78 is 11.2. The van der Waals surface area contributed by atoms with Crippen molar-refractivity contribution in [2.24, 2.45) is 0 Å². The van der Waals surface area contributed by atoms with Crippen LogP contribution in [0.4, 0.5) is 5.69 Å². The number of rotatable bonds is 9. The van der Waals surface area contributed by atoms with Crippen molar-refractivity contribution in [3.05, 3.63) is 29.3 Å². The van der Waals surface area contributed by atoms with E-state index in [1.165, 1.54) is 11.3 Å². The molecule has 0 saturated carbocycles. The fourth-order valence-electron chi connectivity index (χ4n) is 3.05. The van der Waals surface area contributed by atoms with Crippen LogP contribution in [-0.2, 0) is 20.2 Å². The van der Waals surface area contributed by atoms with E-state index in [-0.39, 0.29) is 0 Å². The molecule has 1 unspecified atom stereocenters. The van der Waals surface area contributed by atoms with Gasteiger partial charge in [-0.15, -0.1) is 0 Å². The molecule has 1 fully saturated rings. The maximum atomic E-state index is 6.63. The largest absolute Gasteiger partial charge is 0.417 e. The van der Waals surface area contributed by atoms with Crippen LogP contribution in [0.5, 0.6) is 0 Å². The van der Waals surface area contributed by atoms with E-state index in [4.69, 9.17) is 32.2 Å². The summed E-state index contributed by atoms with van der Waals surface area (Å²) in [4.78, 5) is 2.42. The monoisotopic (exact) mass is 482 g/mol. The van der Waals surface area contributed by atoms with Crippen LogP contribution in [0.3, 0.4) is 0 Å². The van der Waals surface area contributed by atoms with Crippen LogP contribution in [0, 0.1) is 0 Å². The molecule has 1 atom stereocenters. The fourth-order valence-corrected chi connectivity index (χ4v) is 4.93. The Morgan fingerprint density at radius 1 is 1.27 bits per heavy atom. The maximum Gasteiger partial charge on any atom is 0.188 e. The molecule has 4 nitrogen and oxygen atoms in total. The lowest BCUT2D eigenvalue weighted by atomic mass is 9.99. The van der Waals surface area contributed by atoms with Gasteiger partial charge in [0.25, 0.3) is 0 Å². The van der Waals surface area contributed by atoms with E-state index in [1.54, 1.807) is 0 Å². The van der Waals surface area contributed by atoms with Gasteiger partial charge in [-0.25, -0.2) is 0 Å². The molecule has 148 valence electrons. The topological polar surface area (TPSA) is 33.7 Å². The minimum Gasteiger partial charge on any atom is -0.417 e. The first-order chi connectivity index (χ1) is 12.3. The summed E-state index contributed by atoms with van der Waals surface area (Å²) in [6, 6.07) is 6.30. The highest BCUT2D eigenvalue weighted by molar-refractivity contribution is 9.09. The molecule has 1 aliphatic rings. The van der Waals surface area contributed by atoms with Crippen molar-refractivity contribution in [2.75, 3.05) is 43.0 Å². The summed E-state index contributed by atoms with van der Waals surface area (Å²) in [6.45, 7) is 11.3. The molecule has 0 bridgehead atoms. The second-order valence-electron chi connectivity index (χ2n) is 7.54. The molecular weight excluding hydrogens is 455 g/mol. The molecule has 0 amide bonds. The van der Waals surface area contributed by atoms with Crippen LogP contribution < -0.4 is 10.2 Å². The van der Waals surface area contributed by atoms with Crippen LogP contribution in [0.15, 0.2) is 18.2 Å². The van der Waals surface area contributed by atoms with E-state index in [0.29, 0.717) is 18.4 Å². The molecule has 0 spiro atoms. The zero-order chi connectivity index (χ0) is 19.2. The Kier molecular flexibility index (Phi) is 8.72. The maximum absolute atomic E-state index is 6.63. The van der Waals surface area contributed by atoms with Gasteiger partial charge in [0.05, 0.1) is 11.9 Å². The summed E-state index contributed by atoms with van der Waals surface area (Å²) in [5.74, 6) is 0. The molecule has 1 saturated heterocycles. The van der Waals surface area contributed by atoms with Crippen LogP contribution in [-0.4, -0.2) is 46.4 Å². The van der Waals surface area contributed by atoms with Crippen molar-refractivity contribution in [3.63, 3.8) is 0 Å². The SMILES string of the molecule is C[Si](C)(C)OCCc1cc(C(Cl)(CCBr)OCl)ccc1N1CCNCC1. The van der Waals surface area contributed by atoms with Gasteiger partial charge < -0.3 is 14.6 Å². The van der Waals surface area contributed by atoms with Crippen molar-refractivity contribution in [1.82, 2.24) is 5.32 Å². The fraction of sp³-hybridized carbons (Fsp3) is 0.667. The van der Waals surface area contributed by atoms with Gasteiger partial charge in [0.15, 0.2) is 13.4 Å². The van der Waals surface area contributed by atoms with Crippen LogP contribution in [0.1, 0.15) is 17.5 Å². The Morgan fingerprint density at radius 3 is 2.54 bits per heavy atom. The molecular formula is C18H29BrCl2N2O2Si. The first-order valence-electron chi connectivity index (χ1n) is 9.07. The van der Waals surface area contributed by atoms with Crippen molar-refractivity contribution in [1.29, 1.82) is 0 Å². The number of hydrogen-bond acceptors (Lipinski definition) is 4. The highest BCUT2D eigenvalue weighted by Gasteiger charge is 2.31. The van der Waals surface area contributed by atoms with E-state index in [2.05, 4.69) is 57.9 Å². The Hall–Kier alpha value is 0.177. The highest BCUT2D eigenvalue weighted by Crippen LogP contribution is 2.38. The zero-order valence-corrected chi connectivity index (χ0v) is 19.9. The summed E-state index contributed by atoms with van der Waals surface area (Å²) in [6.07, 6.45) is 1.43. The van der Waals surface area contributed by atoms with Crippen molar-refractivity contribution in [2.45, 2.75) is 37.5 Å². The van der Waals surface area contributed by atoms with Crippen molar-refractivity contribution < 1.29 is 8.72 Å². The number of anilines is 1. The normalized spacial score (nSPS) is 18.0. The summed E-state index contributed by atoms with van der Waals surface area (Å²) >= 11 is 15.8. The predicted octanol–water partition coefficient (Wildman–Crippen LogP) is 4.84. The Bertz CT molecular complexity index is 583. The van der Waals surface area contributed by atoms with Gasteiger partial charge in [0.2, 0.25) is 0 Å².